The second kappa shape index (κ2) is 6.98. The van der Waals surface area contributed by atoms with Crippen LogP contribution < -0.4 is 0 Å². The van der Waals surface area contributed by atoms with E-state index in [-0.39, 0.29) is 11.5 Å². The summed E-state index contributed by atoms with van der Waals surface area (Å²) in [7, 11) is -2.48. The predicted octanol–water partition coefficient (Wildman–Crippen LogP) is 2.75. The molecule has 4 nitrogen and oxygen atoms in total. The van der Waals surface area contributed by atoms with Crippen molar-refractivity contribution in [3.63, 3.8) is 0 Å². The van der Waals surface area contributed by atoms with Crippen LogP contribution >= 0.6 is 15.9 Å². The monoisotopic (exact) mass is 367 g/mol. The normalized spacial score (nSPS) is 13.8. The number of rotatable bonds is 6. The van der Waals surface area contributed by atoms with Crippen molar-refractivity contribution in [2.24, 2.45) is 5.92 Å². The first-order chi connectivity index (χ1) is 9.23. The molecule has 0 radical (unpaired) electrons. The lowest BCUT2D eigenvalue weighted by Gasteiger charge is -2.21. The van der Waals surface area contributed by atoms with Gasteiger partial charge < -0.3 is 5.11 Å². The van der Waals surface area contributed by atoms with E-state index in [9.17, 15) is 12.8 Å². The first-order valence-corrected chi connectivity index (χ1v) is 8.52. The van der Waals surface area contributed by atoms with Gasteiger partial charge in [0.1, 0.15) is 10.7 Å². The largest absolute Gasteiger partial charge is 0.392 e. The summed E-state index contributed by atoms with van der Waals surface area (Å²) in [6, 6.07) is 2.58. The van der Waals surface area contributed by atoms with Crippen LogP contribution in [0, 0.1) is 11.7 Å². The molecule has 0 aromatic heterocycles. The molecule has 0 fully saturated rings. The molecule has 0 aliphatic heterocycles. The van der Waals surface area contributed by atoms with Gasteiger partial charge in [-0.05, 0) is 18.1 Å². The first kappa shape index (κ1) is 17.6. The Labute approximate surface area is 127 Å². The van der Waals surface area contributed by atoms with E-state index in [0.717, 1.165) is 10.7 Å². The minimum absolute atomic E-state index is 0.0464. The summed E-state index contributed by atoms with van der Waals surface area (Å²) in [5, 5.41) is 9.09. The van der Waals surface area contributed by atoms with Crippen LogP contribution in [-0.2, 0) is 16.6 Å². The molecule has 1 atom stereocenters. The molecule has 0 spiro atoms. The van der Waals surface area contributed by atoms with Crippen molar-refractivity contribution in [1.82, 2.24) is 4.31 Å². The van der Waals surface area contributed by atoms with Gasteiger partial charge in [0.05, 0.1) is 6.61 Å². The van der Waals surface area contributed by atoms with Crippen LogP contribution in [0.15, 0.2) is 21.5 Å². The summed E-state index contributed by atoms with van der Waals surface area (Å²) in [4.78, 5) is -0.415. The van der Waals surface area contributed by atoms with Crippen LogP contribution in [0.5, 0.6) is 0 Å². The predicted molar refractivity (Wildman–Crippen MR) is 79.3 cm³/mol. The molecule has 0 saturated heterocycles. The summed E-state index contributed by atoms with van der Waals surface area (Å²) >= 11 is 3.13. The third kappa shape index (κ3) is 3.78. The third-order valence-corrected chi connectivity index (χ3v) is 5.48. The van der Waals surface area contributed by atoms with Crippen LogP contribution in [0.3, 0.4) is 0 Å². The zero-order chi connectivity index (χ0) is 15.5. The van der Waals surface area contributed by atoms with Crippen molar-refractivity contribution >= 4 is 26.0 Å². The molecule has 1 rings (SSSR count). The highest BCUT2D eigenvalue weighted by Crippen LogP contribution is 2.26. The molecule has 1 aromatic rings. The Morgan fingerprint density at radius 3 is 2.55 bits per heavy atom. The Morgan fingerprint density at radius 1 is 1.45 bits per heavy atom. The fourth-order valence-corrected chi connectivity index (χ4v) is 3.83. The van der Waals surface area contributed by atoms with Crippen molar-refractivity contribution in [1.29, 1.82) is 0 Å². The molecular formula is C13H19BrFNO3S. The van der Waals surface area contributed by atoms with E-state index in [1.165, 1.54) is 19.2 Å². The summed E-state index contributed by atoms with van der Waals surface area (Å²) in [6.45, 7) is 3.67. The molecule has 0 amide bonds. The molecular weight excluding hydrogens is 349 g/mol. The first-order valence-electron chi connectivity index (χ1n) is 6.29. The third-order valence-electron chi connectivity index (χ3n) is 3.20. The number of hydrogen-bond acceptors (Lipinski definition) is 3. The van der Waals surface area contributed by atoms with E-state index in [2.05, 4.69) is 15.9 Å². The van der Waals surface area contributed by atoms with Crippen LogP contribution in [0.25, 0.3) is 0 Å². The van der Waals surface area contributed by atoms with E-state index >= 15 is 0 Å². The lowest BCUT2D eigenvalue weighted by atomic mass is 10.1. The summed E-state index contributed by atoms with van der Waals surface area (Å²) < 4.78 is 40.5. The zero-order valence-corrected chi connectivity index (χ0v) is 14.1. The molecule has 0 heterocycles. The molecule has 114 valence electrons. The van der Waals surface area contributed by atoms with Crippen molar-refractivity contribution in [2.45, 2.75) is 31.8 Å². The molecule has 0 aliphatic carbocycles. The smallest absolute Gasteiger partial charge is 0.245 e. The fraction of sp³-hybridized carbons (Fsp3) is 0.538. The number of sulfonamides is 1. The highest BCUT2D eigenvalue weighted by atomic mass is 79.9. The lowest BCUT2D eigenvalue weighted by Crippen LogP contribution is -2.31. The quantitative estimate of drug-likeness (QED) is 0.840. The van der Waals surface area contributed by atoms with Gasteiger partial charge in [0.2, 0.25) is 10.0 Å². The average Bonchev–Trinajstić information content (AvgIpc) is 2.40. The van der Waals surface area contributed by atoms with Crippen LogP contribution in [0.4, 0.5) is 4.39 Å². The van der Waals surface area contributed by atoms with Gasteiger partial charge in [0.15, 0.2) is 0 Å². The van der Waals surface area contributed by atoms with E-state index in [0.29, 0.717) is 11.0 Å². The Bertz CT molecular complexity index is 577. The zero-order valence-electron chi connectivity index (χ0n) is 11.7. The second-order valence-corrected chi connectivity index (χ2v) is 7.76. The maximum atomic E-state index is 14.1. The van der Waals surface area contributed by atoms with Gasteiger partial charge in [-0.1, -0.05) is 36.2 Å². The van der Waals surface area contributed by atoms with Gasteiger partial charge in [-0.15, -0.1) is 0 Å². The minimum atomic E-state index is -3.91. The topological polar surface area (TPSA) is 57.6 Å². The van der Waals surface area contributed by atoms with Gasteiger partial charge in [-0.3, -0.25) is 0 Å². The van der Waals surface area contributed by atoms with Crippen LogP contribution in [-0.4, -0.2) is 31.4 Å². The number of nitrogens with zero attached hydrogens (tertiary/aromatic N) is 1. The lowest BCUT2D eigenvalue weighted by molar-refractivity contribution is 0.274. The van der Waals surface area contributed by atoms with E-state index in [4.69, 9.17) is 5.11 Å². The van der Waals surface area contributed by atoms with Gasteiger partial charge >= 0.3 is 0 Å². The summed E-state index contributed by atoms with van der Waals surface area (Å²) in [5.41, 5.74) is -0.0464. The van der Waals surface area contributed by atoms with Crippen molar-refractivity contribution in [3.8, 4) is 0 Å². The Kier molecular flexibility index (Phi) is 6.12. The van der Waals surface area contributed by atoms with E-state index < -0.39 is 27.3 Å². The number of hydrogen-bond donors (Lipinski definition) is 1. The number of aliphatic hydroxyl groups is 1. The maximum Gasteiger partial charge on any atom is 0.245 e. The molecule has 0 aliphatic rings. The van der Waals surface area contributed by atoms with Gasteiger partial charge in [-0.25, -0.2) is 17.1 Å². The molecule has 0 bridgehead atoms. The number of benzene rings is 1. The van der Waals surface area contributed by atoms with Crippen molar-refractivity contribution in [2.75, 3.05) is 13.6 Å². The minimum Gasteiger partial charge on any atom is -0.392 e. The van der Waals surface area contributed by atoms with Gasteiger partial charge in [0, 0.05) is 23.6 Å². The molecule has 0 saturated carbocycles. The Hall–Kier alpha value is -0.500. The highest BCUT2D eigenvalue weighted by Gasteiger charge is 2.27. The standard InChI is InChI=1S/C13H19BrFNO3S/c1-4-9(2)7-16(3)20(18,19)12-6-11(14)5-10(8-17)13(12)15/h5-6,9,17H,4,7-8H2,1-3H3. The number of aliphatic hydroxyl groups excluding tert-OH is 1. The number of halogens is 2. The van der Waals surface area contributed by atoms with Crippen molar-refractivity contribution in [3.05, 3.63) is 28.0 Å². The maximum absolute atomic E-state index is 14.1. The van der Waals surface area contributed by atoms with Gasteiger partial charge in [-0.2, -0.15) is 0 Å². The second-order valence-electron chi connectivity index (χ2n) is 4.83. The Morgan fingerprint density at radius 2 is 2.05 bits per heavy atom. The van der Waals surface area contributed by atoms with E-state index in [1.54, 1.807) is 0 Å². The summed E-state index contributed by atoms with van der Waals surface area (Å²) in [5.74, 6) is -0.714. The highest BCUT2D eigenvalue weighted by molar-refractivity contribution is 9.10. The SMILES string of the molecule is CCC(C)CN(C)S(=O)(=O)c1cc(Br)cc(CO)c1F. The molecule has 1 N–H and O–H groups in total. The molecule has 1 aromatic carbocycles. The Balaban J connectivity index is 3.25. The van der Waals surface area contributed by atoms with Crippen molar-refractivity contribution < 1.29 is 17.9 Å². The van der Waals surface area contributed by atoms with E-state index in [1.807, 2.05) is 13.8 Å². The molecule has 1 unspecified atom stereocenters. The average molecular weight is 368 g/mol. The fourth-order valence-electron chi connectivity index (χ4n) is 1.76. The summed E-state index contributed by atoms with van der Waals surface area (Å²) in [6.07, 6.45) is 0.836. The molecule has 7 heteroatoms. The van der Waals surface area contributed by atoms with Gasteiger partial charge in [0.25, 0.3) is 0 Å². The van der Waals surface area contributed by atoms with Crippen LogP contribution in [0.1, 0.15) is 25.8 Å². The molecule has 20 heavy (non-hydrogen) atoms. The van der Waals surface area contributed by atoms with Crippen LogP contribution in [0.2, 0.25) is 0 Å².